The number of amides is 1. The fourth-order valence-corrected chi connectivity index (χ4v) is 2.32. The second-order valence-corrected chi connectivity index (χ2v) is 5.41. The molecule has 0 aliphatic carbocycles. The van der Waals surface area contributed by atoms with Crippen LogP contribution in [0.25, 0.3) is 0 Å². The molecule has 1 heterocycles. The number of hydrogen-bond donors (Lipinski definition) is 1. The van der Waals surface area contributed by atoms with Gasteiger partial charge in [-0.3, -0.25) is 4.79 Å². The highest BCUT2D eigenvalue weighted by Gasteiger charge is 2.42. The minimum Gasteiger partial charge on any atom is -0.462 e. The van der Waals surface area contributed by atoms with E-state index in [1.807, 2.05) is 5.32 Å². The molecule has 1 amide bonds. The smallest absolute Gasteiger partial charge is 0.412 e. The van der Waals surface area contributed by atoms with E-state index in [0.29, 0.717) is 0 Å². The van der Waals surface area contributed by atoms with Gasteiger partial charge in [-0.25, -0.2) is 9.78 Å². The van der Waals surface area contributed by atoms with Crippen LogP contribution in [0.15, 0.2) is 42.5 Å². The number of aryl methyl sites for hydroxylation is 1. The number of ether oxygens (including phenoxy) is 1. The molecule has 0 fully saturated rings. The van der Waals surface area contributed by atoms with E-state index in [1.165, 1.54) is 43.3 Å². The van der Waals surface area contributed by atoms with Gasteiger partial charge in [0, 0.05) is 0 Å². The molecule has 1 aromatic heterocycles. The Hall–Kier alpha value is -2.90. The second kappa shape index (κ2) is 7.99. The summed E-state index contributed by atoms with van der Waals surface area (Å²) in [7, 11) is 0. The van der Waals surface area contributed by atoms with Gasteiger partial charge in [-0.1, -0.05) is 30.3 Å². The predicted octanol–water partition coefficient (Wildman–Crippen LogP) is 3.60. The van der Waals surface area contributed by atoms with Crippen LogP contribution in [0.4, 0.5) is 13.2 Å². The highest BCUT2D eigenvalue weighted by atomic mass is 19.4. The van der Waals surface area contributed by atoms with Crippen LogP contribution in [0.1, 0.15) is 45.1 Å². The number of benzene rings is 1. The fraction of sp³-hybridized carbons (Fsp3) is 0.278. The van der Waals surface area contributed by atoms with Crippen LogP contribution in [0.2, 0.25) is 0 Å². The molecular formula is C18H17F3N2O3. The summed E-state index contributed by atoms with van der Waals surface area (Å²) in [6.45, 7) is 3.29. The Morgan fingerprint density at radius 3 is 2.35 bits per heavy atom. The maximum atomic E-state index is 13.3. The molecule has 2 aromatic rings. The van der Waals surface area contributed by atoms with E-state index in [9.17, 15) is 22.8 Å². The van der Waals surface area contributed by atoms with Crippen molar-refractivity contribution in [1.82, 2.24) is 10.3 Å². The number of rotatable bonds is 5. The number of hydrogen-bond acceptors (Lipinski definition) is 4. The fourth-order valence-electron chi connectivity index (χ4n) is 2.32. The Morgan fingerprint density at radius 2 is 1.81 bits per heavy atom. The Labute approximate surface area is 148 Å². The predicted molar refractivity (Wildman–Crippen MR) is 87.6 cm³/mol. The van der Waals surface area contributed by atoms with E-state index in [4.69, 9.17) is 4.74 Å². The van der Waals surface area contributed by atoms with Gasteiger partial charge >= 0.3 is 12.1 Å². The Morgan fingerprint density at radius 1 is 1.15 bits per heavy atom. The van der Waals surface area contributed by atoms with Gasteiger partial charge in [0.1, 0.15) is 5.69 Å². The third-order valence-corrected chi connectivity index (χ3v) is 3.55. The second-order valence-electron chi connectivity index (χ2n) is 5.41. The van der Waals surface area contributed by atoms with E-state index in [0.717, 1.165) is 0 Å². The van der Waals surface area contributed by atoms with Gasteiger partial charge in [0.15, 0.2) is 6.04 Å². The Kier molecular flexibility index (Phi) is 5.97. The van der Waals surface area contributed by atoms with Gasteiger partial charge in [0.25, 0.3) is 5.91 Å². The summed E-state index contributed by atoms with van der Waals surface area (Å²) in [4.78, 5) is 27.9. The van der Waals surface area contributed by atoms with Crippen LogP contribution in [-0.2, 0) is 4.74 Å². The molecule has 0 saturated heterocycles. The first-order chi connectivity index (χ1) is 12.2. The molecule has 1 N–H and O–H groups in total. The number of alkyl halides is 3. The molecule has 0 bridgehead atoms. The lowest BCUT2D eigenvalue weighted by Crippen LogP contribution is -2.38. The number of halogens is 3. The lowest BCUT2D eigenvalue weighted by Gasteiger charge is -2.22. The number of pyridine rings is 1. The topological polar surface area (TPSA) is 68.3 Å². The molecule has 8 heteroatoms. The van der Waals surface area contributed by atoms with Gasteiger partial charge in [-0.05, 0) is 31.5 Å². The van der Waals surface area contributed by atoms with Gasteiger partial charge in [0.05, 0.1) is 17.9 Å². The highest BCUT2D eigenvalue weighted by molar-refractivity contribution is 5.95. The summed E-state index contributed by atoms with van der Waals surface area (Å²) < 4.78 is 44.8. The van der Waals surface area contributed by atoms with Crippen LogP contribution >= 0.6 is 0 Å². The first-order valence-electron chi connectivity index (χ1n) is 7.81. The monoisotopic (exact) mass is 366 g/mol. The zero-order chi connectivity index (χ0) is 19.3. The van der Waals surface area contributed by atoms with Gasteiger partial charge in [0.2, 0.25) is 0 Å². The average molecular weight is 366 g/mol. The summed E-state index contributed by atoms with van der Waals surface area (Å²) in [6.07, 6.45) is -4.67. The molecule has 0 saturated carbocycles. The Bertz CT molecular complexity index is 792. The van der Waals surface area contributed by atoms with Crippen molar-refractivity contribution in [3.63, 3.8) is 0 Å². The summed E-state index contributed by atoms with van der Waals surface area (Å²) in [6, 6.07) is 7.38. The molecule has 0 aliphatic heterocycles. The number of nitrogens with zero attached hydrogens (tertiary/aromatic N) is 1. The SMILES string of the molecule is CCOC(=O)c1ccc(C(=O)NC(c2ccccc2)C(F)(F)F)nc1C. The van der Waals surface area contributed by atoms with Crippen LogP contribution in [-0.4, -0.2) is 29.6 Å². The number of carbonyl (C=O) groups excluding carboxylic acids is 2. The number of esters is 1. The molecule has 26 heavy (non-hydrogen) atoms. The number of carbonyl (C=O) groups is 2. The third kappa shape index (κ3) is 4.59. The van der Waals surface area contributed by atoms with E-state index < -0.39 is 24.1 Å². The molecule has 0 radical (unpaired) electrons. The third-order valence-electron chi connectivity index (χ3n) is 3.55. The molecule has 0 spiro atoms. The summed E-state index contributed by atoms with van der Waals surface area (Å²) in [5, 5.41) is 1.95. The van der Waals surface area contributed by atoms with Crippen molar-refractivity contribution in [3.05, 3.63) is 65.0 Å². The molecule has 1 unspecified atom stereocenters. The first kappa shape index (κ1) is 19.4. The van der Waals surface area contributed by atoms with Crippen LogP contribution < -0.4 is 5.32 Å². The number of aromatic nitrogens is 1. The van der Waals surface area contributed by atoms with Crippen LogP contribution in [0.3, 0.4) is 0 Å². The quantitative estimate of drug-likeness (QED) is 0.821. The minimum atomic E-state index is -4.67. The van der Waals surface area contributed by atoms with Crippen molar-refractivity contribution in [3.8, 4) is 0 Å². The molecule has 0 aliphatic rings. The maximum Gasteiger partial charge on any atom is 0.412 e. The number of nitrogens with one attached hydrogen (secondary N) is 1. The average Bonchev–Trinajstić information content (AvgIpc) is 2.59. The zero-order valence-electron chi connectivity index (χ0n) is 14.1. The van der Waals surface area contributed by atoms with E-state index >= 15 is 0 Å². The van der Waals surface area contributed by atoms with E-state index in [2.05, 4.69) is 4.98 Å². The highest BCUT2D eigenvalue weighted by Crippen LogP contribution is 2.32. The molecule has 2 rings (SSSR count). The lowest BCUT2D eigenvalue weighted by atomic mass is 10.1. The summed E-state index contributed by atoms with van der Waals surface area (Å²) in [5.41, 5.74) is 0.0344. The van der Waals surface area contributed by atoms with E-state index in [1.54, 1.807) is 13.0 Å². The molecule has 1 atom stereocenters. The van der Waals surface area contributed by atoms with Crippen molar-refractivity contribution in [2.45, 2.75) is 26.1 Å². The normalized spacial score (nSPS) is 12.3. The van der Waals surface area contributed by atoms with Crippen molar-refractivity contribution in [1.29, 1.82) is 0 Å². The lowest BCUT2D eigenvalue weighted by molar-refractivity contribution is -0.155. The standard InChI is InChI=1S/C18H17F3N2O3/c1-3-26-17(25)13-9-10-14(22-11(13)2)16(24)23-15(18(19,20)21)12-7-5-4-6-8-12/h4-10,15H,3H2,1-2H3,(H,23,24). The van der Waals surface area contributed by atoms with Crippen molar-refractivity contribution >= 4 is 11.9 Å². The minimum absolute atomic E-state index is 0.0896. The summed E-state index contributed by atoms with van der Waals surface area (Å²) >= 11 is 0. The molecule has 138 valence electrons. The van der Waals surface area contributed by atoms with Crippen LogP contribution in [0.5, 0.6) is 0 Å². The van der Waals surface area contributed by atoms with Crippen molar-refractivity contribution in [2.75, 3.05) is 6.61 Å². The first-order valence-corrected chi connectivity index (χ1v) is 7.81. The molecular weight excluding hydrogens is 349 g/mol. The maximum absolute atomic E-state index is 13.3. The van der Waals surface area contributed by atoms with Gasteiger partial charge in [-0.2, -0.15) is 13.2 Å². The molecule has 5 nitrogen and oxygen atoms in total. The largest absolute Gasteiger partial charge is 0.462 e. The zero-order valence-corrected chi connectivity index (χ0v) is 14.1. The van der Waals surface area contributed by atoms with Crippen molar-refractivity contribution in [2.24, 2.45) is 0 Å². The van der Waals surface area contributed by atoms with E-state index in [-0.39, 0.29) is 29.1 Å². The van der Waals surface area contributed by atoms with Gasteiger partial charge in [-0.15, -0.1) is 0 Å². The van der Waals surface area contributed by atoms with Gasteiger partial charge < -0.3 is 10.1 Å². The summed E-state index contributed by atoms with van der Waals surface area (Å²) in [5.74, 6) is -1.60. The molecule has 1 aromatic carbocycles. The van der Waals surface area contributed by atoms with Crippen LogP contribution in [0, 0.1) is 6.92 Å². The Balaban J connectivity index is 2.25. The van der Waals surface area contributed by atoms with Crippen molar-refractivity contribution < 1.29 is 27.5 Å².